The molecule has 0 unspecified atom stereocenters. The monoisotopic (exact) mass is 115 g/mol. The molecule has 3 heteroatoms. The van der Waals surface area contributed by atoms with Gasteiger partial charge in [-0.3, -0.25) is 0 Å². The average molecular weight is 115 g/mol. The van der Waals surface area contributed by atoms with Crippen LogP contribution >= 0.6 is 12.2 Å². The van der Waals surface area contributed by atoms with Gasteiger partial charge in [-0.05, 0) is 0 Å². The summed E-state index contributed by atoms with van der Waals surface area (Å²) in [4.78, 5) is 0.881. The SMILES string of the molecule is S=C1C[N]CCN1. The molecule has 0 aliphatic carbocycles. The molecule has 0 aromatic heterocycles. The van der Waals surface area contributed by atoms with E-state index in [1.807, 2.05) is 0 Å². The van der Waals surface area contributed by atoms with Gasteiger partial charge in [0.2, 0.25) is 0 Å². The third-order valence-corrected chi connectivity index (χ3v) is 1.12. The quantitative estimate of drug-likeness (QED) is 0.432. The van der Waals surface area contributed by atoms with Crippen molar-refractivity contribution in [3.63, 3.8) is 0 Å². The Morgan fingerprint density at radius 2 is 2.57 bits per heavy atom. The van der Waals surface area contributed by atoms with E-state index in [0.29, 0.717) is 0 Å². The first-order chi connectivity index (χ1) is 3.39. The van der Waals surface area contributed by atoms with Crippen molar-refractivity contribution in [2.45, 2.75) is 0 Å². The molecule has 1 aliphatic rings. The Bertz CT molecular complexity index is 73.8. The van der Waals surface area contributed by atoms with Gasteiger partial charge in [0.1, 0.15) is 0 Å². The molecule has 0 bridgehead atoms. The van der Waals surface area contributed by atoms with Crippen LogP contribution in [0.25, 0.3) is 0 Å². The van der Waals surface area contributed by atoms with Gasteiger partial charge >= 0.3 is 0 Å². The highest BCUT2D eigenvalue weighted by atomic mass is 32.1. The minimum Gasteiger partial charge on any atom is -0.377 e. The first kappa shape index (κ1) is 5.00. The molecule has 1 rings (SSSR count). The molecule has 0 atom stereocenters. The van der Waals surface area contributed by atoms with Crippen molar-refractivity contribution < 1.29 is 0 Å². The summed E-state index contributed by atoms with van der Waals surface area (Å²) in [5.74, 6) is 0. The van der Waals surface area contributed by atoms with E-state index >= 15 is 0 Å². The Morgan fingerprint density at radius 1 is 1.71 bits per heavy atom. The summed E-state index contributed by atoms with van der Waals surface area (Å²) < 4.78 is 0. The van der Waals surface area contributed by atoms with Gasteiger partial charge in [-0.1, -0.05) is 12.2 Å². The maximum absolute atomic E-state index is 4.80. The van der Waals surface area contributed by atoms with E-state index in [0.717, 1.165) is 24.6 Å². The van der Waals surface area contributed by atoms with E-state index in [1.165, 1.54) is 0 Å². The summed E-state index contributed by atoms with van der Waals surface area (Å²) >= 11 is 4.80. The molecule has 1 heterocycles. The molecule has 1 N–H and O–H groups in total. The molecule has 1 aliphatic heterocycles. The summed E-state index contributed by atoms with van der Waals surface area (Å²) in [5, 5.41) is 7.07. The molecule has 39 valence electrons. The van der Waals surface area contributed by atoms with Crippen molar-refractivity contribution in [1.82, 2.24) is 10.6 Å². The fourth-order valence-electron chi connectivity index (χ4n) is 0.511. The fourth-order valence-corrected chi connectivity index (χ4v) is 0.704. The second-order valence-corrected chi connectivity index (χ2v) is 1.95. The minimum absolute atomic E-state index is 0.731. The summed E-state index contributed by atoms with van der Waals surface area (Å²) in [6.45, 7) is 2.58. The highest BCUT2D eigenvalue weighted by Gasteiger charge is 2.00. The lowest BCUT2D eigenvalue weighted by molar-refractivity contribution is 0.672. The van der Waals surface area contributed by atoms with Crippen LogP contribution < -0.4 is 10.6 Å². The highest BCUT2D eigenvalue weighted by molar-refractivity contribution is 7.80. The molecule has 7 heavy (non-hydrogen) atoms. The summed E-state index contributed by atoms with van der Waals surface area (Å²) in [6.07, 6.45) is 0. The maximum atomic E-state index is 4.80. The van der Waals surface area contributed by atoms with Crippen molar-refractivity contribution >= 4 is 17.2 Å². The molecule has 0 spiro atoms. The Morgan fingerprint density at radius 3 is 2.86 bits per heavy atom. The summed E-state index contributed by atoms with van der Waals surface area (Å²) in [7, 11) is 0. The van der Waals surface area contributed by atoms with Gasteiger partial charge in [0, 0.05) is 13.1 Å². The van der Waals surface area contributed by atoms with E-state index in [-0.39, 0.29) is 0 Å². The molecule has 0 aromatic rings. The standard InChI is InChI=1S/C4H7N2S/c7-4-3-5-1-2-6-4/h1-3H2,(H,6,7). The van der Waals surface area contributed by atoms with Crippen LogP contribution in [0.1, 0.15) is 0 Å². The van der Waals surface area contributed by atoms with Gasteiger partial charge in [0.05, 0.1) is 11.5 Å². The van der Waals surface area contributed by atoms with Gasteiger partial charge < -0.3 is 5.32 Å². The van der Waals surface area contributed by atoms with Crippen LogP contribution in [0.5, 0.6) is 0 Å². The third kappa shape index (κ3) is 1.41. The van der Waals surface area contributed by atoms with Gasteiger partial charge in [0.25, 0.3) is 0 Å². The van der Waals surface area contributed by atoms with Crippen molar-refractivity contribution in [2.75, 3.05) is 19.6 Å². The van der Waals surface area contributed by atoms with Crippen LogP contribution in [-0.2, 0) is 0 Å². The molecule has 1 saturated heterocycles. The van der Waals surface area contributed by atoms with Crippen LogP contribution in [0.3, 0.4) is 0 Å². The second-order valence-electron chi connectivity index (χ2n) is 1.46. The molecule has 2 nitrogen and oxygen atoms in total. The van der Waals surface area contributed by atoms with E-state index < -0.39 is 0 Å². The topological polar surface area (TPSA) is 26.1 Å². The van der Waals surface area contributed by atoms with E-state index in [9.17, 15) is 0 Å². The molecule has 0 saturated carbocycles. The van der Waals surface area contributed by atoms with Crippen molar-refractivity contribution in [2.24, 2.45) is 0 Å². The minimum atomic E-state index is 0.731. The average Bonchev–Trinajstić information content (AvgIpc) is 1.69. The van der Waals surface area contributed by atoms with Crippen molar-refractivity contribution in [3.8, 4) is 0 Å². The van der Waals surface area contributed by atoms with Crippen LogP contribution in [0.2, 0.25) is 0 Å². The number of rotatable bonds is 0. The Balaban J connectivity index is 2.25. The zero-order chi connectivity index (χ0) is 5.11. The molecular weight excluding hydrogens is 108 g/mol. The predicted octanol–water partition coefficient (Wildman–Crippen LogP) is -0.479. The molecular formula is C4H7N2S. The third-order valence-electron chi connectivity index (χ3n) is 0.847. The van der Waals surface area contributed by atoms with Gasteiger partial charge in [-0.15, -0.1) is 0 Å². The van der Waals surface area contributed by atoms with E-state index in [4.69, 9.17) is 12.2 Å². The van der Waals surface area contributed by atoms with Gasteiger partial charge in [-0.25, -0.2) is 5.32 Å². The first-order valence-electron chi connectivity index (χ1n) is 2.29. The zero-order valence-electron chi connectivity index (χ0n) is 3.98. The number of nitrogens with one attached hydrogen (secondary N) is 1. The number of piperazine rings is 1. The number of hydrogen-bond donors (Lipinski definition) is 1. The van der Waals surface area contributed by atoms with E-state index in [1.54, 1.807) is 0 Å². The first-order valence-corrected chi connectivity index (χ1v) is 2.70. The Labute approximate surface area is 48.3 Å². The van der Waals surface area contributed by atoms with Gasteiger partial charge in [-0.2, -0.15) is 0 Å². The highest BCUT2D eigenvalue weighted by Crippen LogP contribution is 1.76. The lowest BCUT2D eigenvalue weighted by Crippen LogP contribution is -2.39. The second kappa shape index (κ2) is 2.23. The Kier molecular flexibility index (Phi) is 1.59. The largest absolute Gasteiger partial charge is 0.377 e. The summed E-state index contributed by atoms with van der Waals surface area (Å²) in [5.41, 5.74) is 0. The number of thiocarbonyl (C=S) groups is 1. The number of nitrogens with zero attached hydrogens (tertiary/aromatic N) is 1. The van der Waals surface area contributed by atoms with Crippen molar-refractivity contribution in [1.29, 1.82) is 0 Å². The van der Waals surface area contributed by atoms with Crippen LogP contribution in [0.15, 0.2) is 0 Å². The zero-order valence-corrected chi connectivity index (χ0v) is 4.79. The molecule has 0 amide bonds. The van der Waals surface area contributed by atoms with Gasteiger partial charge in [0.15, 0.2) is 0 Å². The van der Waals surface area contributed by atoms with Crippen molar-refractivity contribution in [3.05, 3.63) is 0 Å². The molecule has 1 radical (unpaired) electrons. The predicted molar refractivity (Wildman–Crippen MR) is 32.5 cm³/mol. The lowest BCUT2D eigenvalue weighted by atomic mass is 10.4. The number of hydrogen-bond acceptors (Lipinski definition) is 1. The van der Waals surface area contributed by atoms with Crippen LogP contribution in [-0.4, -0.2) is 24.6 Å². The smallest absolute Gasteiger partial charge is 0.0911 e. The summed E-state index contributed by atoms with van der Waals surface area (Å²) in [6, 6.07) is 0. The van der Waals surface area contributed by atoms with Crippen LogP contribution in [0.4, 0.5) is 0 Å². The normalized spacial score (nSPS) is 21.4. The Hall–Kier alpha value is -0.150. The van der Waals surface area contributed by atoms with Crippen LogP contribution in [0, 0.1) is 0 Å². The fraction of sp³-hybridized carbons (Fsp3) is 0.750. The molecule has 1 fully saturated rings. The maximum Gasteiger partial charge on any atom is 0.0911 e. The lowest BCUT2D eigenvalue weighted by Gasteiger charge is -2.12. The van der Waals surface area contributed by atoms with E-state index in [2.05, 4.69) is 10.6 Å². The molecule has 0 aromatic carbocycles.